The van der Waals surface area contributed by atoms with Gasteiger partial charge >= 0.3 is 0 Å². The smallest absolute Gasteiger partial charge is 0.244 e. The summed E-state index contributed by atoms with van der Waals surface area (Å²) in [5.74, 6) is 0.225. The molecular formula is C21H28N6O2. The van der Waals surface area contributed by atoms with Crippen LogP contribution in [0.15, 0.2) is 42.7 Å². The Morgan fingerprint density at radius 3 is 2.48 bits per heavy atom. The molecule has 154 valence electrons. The van der Waals surface area contributed by atoms with Crippen molar-refractivity contribution in [2.24, 2.45) is 7.05 Å². The number of rotatable bonds is 5. The number of carbonyl (C=O) groups excluding carboxylic acids is 2. The van der Waals surface area contributed by atoms with E-state index in [1.54, 1.807) is 17.9 Å². The van der Waals surface area contributed by atoms with Crippen LogP contribution >= 0.6 is 0 Å². The number of nitrogens with zero attached hydrogens (tertiary/aromatic N) is 5. The molecule has 8 heteroatoms. The van der Waals surface area contributed by atoms with E-state index in [0.717, 1.165) is 24.2 Å². The second kappa shape index (κ2) is 8.34. The van der Waals surface area contributed by atoms with Crippen LogP contribution in [0.1, 0.15) is 18.0 Å². The molecule has 2 aromatic rings. The number of para-hydroxylation sites is 1. The van der Waals surface area contributed by atoms with Gasteiger partial charge in [0.05, 0.1) is 12.2 Å². The highest BCUT2D eigenvalue weighted by Crippen LogP contribution is 2.25. The normalized spacial score (nSPS) is 21.6. The number of aromatic nitrogens is 2. The molecule has 2 aliphatic rings. The largest absolute Gasteiger partial charge is 0.338 e. The van der Waals surface area contributed by atoms with Crippen LogP contribution in [0.25, 0.3) is 0 Å². The van der Waals surface area contributed by atoms with E-state index < -0.39 is 6.04 Å². The van der Waals surface area contributed by atoms with E-state index in [2.05, 4.69) is 15.3 Å². The summed E-state index contributed by atoms with van der Waals surface area (Å²) in [5, 5.41) is 7.28. The van der Waals surface area contributed by atoms with Crippen molar-refractivity contribution in [2.75, 3.05) is 44.7 Å². The quantitative estimate of drug-likeness (QED) is 0.803. The van der Waals surface area contributed by atoms with Gasteiger partial charge in [-0.1, -0.05) is 18.2 Å². The van der Waals surface area contributed by atoms with Crippen molar-refractivity contribution in [3.8, 4) is 0 Å². The van der Waals surface area contributed by atoms with Crippen LogP contribution in [0.2, 0.25) is 0 Å². The summed E-state index contributed by atoms with van der Waals surface area (Å²) in [6.45, 7) is 3.44. The molecule has 3 heterocycles. The fourth-order valence-electron chi connectivity index (χ4n) is 4.33. The molecule has 2 saturated heterocycles. The van der Waals surface area contributed by atoms with Crippen molar-refractivity contribution in [2.45, 2.75) is 18.5 Å². The number of carbonyl (C=O) groups is 2. The summed E-state index contributed by atoms with van der Waals surface area (Å²) >= 11 is 0. The minimum absolute atomic E-state index is 0.0591. The molecule has 2 fully saturated rings. The van der Waals surface area contributed by atoms with Crippen molar-refractivity contribution in [3.05, 3.63) is 48.3 Å². The molecule has 0 spiro atoms. The first-order chi connectivity index (χ1) is 14.1. The van der Waals surface area contributed by atoms with Crippen LogP contribution in [0.4, 0.5) is 5.69 Å². The molecular weight excluding hydrogens is 368 g/mol. The van der Waals surface area contributed by atoms with Crippen LogP contribution < -0.4 is 10.2 Å². The molecule has 2 atom stereocenters. The molecule has 0 bridgehead atoms. The Labute approximate surface area is 171 Å². The summed E-state index contributed by atoms with van der Waals surface area (Å²) < 4.78 is 1.70. The number of piperazine rings is 1. The Balaban J connectivity index is 1.36. The second-order valence-electron chi connectivity index (χ2n) is 7.66. The van der Waals surface area contributed by atoms with E-state index in [0.29, 0.717) is 26.2 Å². The Morgan fingerprint density at radius 1 is 1.14 bits per heavy atom. The molecule has 2 unspecified atom stereocenters. The van der Waals surface area contributed by atoms with E-state index >= 15 is 0 Å². The van der Waals surface area contributed by atoms with Crippen molar-refractivity contribution in [3.63, 3.8) is 0 Å². The third kappa shape index (κ3) is 3.90. The molecule has 0 radical (unpaired) electrons. The Hall–Kier alpha value is -2.71. The maximum Gasteiger partial charge on any atom is 0.244 e. The maximum absolute atomic E-state index is 13.0. The molecule has 2 aliphatic heterocycles. The van der Waals surface area contributed by atoms with Crippen molar-refractivity contribution in [1.29, 1.82) is 0 Å². The van der Waals surface area contributed by atoms with E-state index in [1.165, 1.54) is 0 Å². The predicted octanol–water partition coefficient (Wildman–Crippen LogP) is 0.630. The van der Waals surface area contributed by atoms with Gasteiger partial charge in [-0.15, -0.1) is 0 Å². The first-order valence-corrected chi connectivity index (χ1v) is 10.1. The topological polar surface area (TPSA) is 73.7 Å². The third-order valence-electron chi connectivity index (χ3n) is 5.91. The summed E-state index contributed by atoms with van der Waals surface area (Å²) in [6, 6.07) is 9.35. The average Bonchev–Trinajstić information content (AvgIpc) is 3.35. The molecule has 0 aliphatic carbocycles. The number of aryl methyl sites for hydroxylation is 1. The fraction of sp³-hybridized carbons (Fsp3) is 0.476. The zero-order valence-corrected chi connectivity index (χ0v) is 17.0. The van der Waals surface area contributed by atoms with Crippen molar-refractivity contribution in [1.82, 2.24) is 24.9 Å². The number of anilines is 1. The van der Waals surface area contributed by atoms with E-state index in [4.69, 9.17) is 0 Å². The number of likely N-dealkylation sites (N-methyl/N-ethyl adjacent to an activating group) is 1. The average molecular weight is 396 g/mol. The van der Waals surface area contributed by atoms with Gasteiger partial charge in [0.25, 0.3) is 0 Å². The van der Waals surface area contributed by atoms with Crippen LogP contribution in [0.3, 0.4) is 0 Å². The second-order valence-corrected chi connectivity index (χ2v) is 7.66. The number of benzene rings is 1. The van der Waals surface area contributed by atoms with Crippen LogP contribution in [0, 0.1) is 0 Å². The van der Waals surface area contributed by atoms with Gasteiger partial charge in [0, 0.05) is 57.2 Å². The highest BCUT2D eigenvalue weighted by Gasteiger charge is 2.38. The molecule has 4 rings (SSSR count). The minimum atomic E-state index is -0.392. The van der Waals surface area contributed by atoms with E-state index in [9.17, 15) is 9.59 Å². The van der Waals surface area contributed by atoms with Crippen LogP contribution in [-0.2, 0) is 16.6 Å². The van der Waals surface area contributed by atoms with E-state index in [-0.39, 0.29) is 17.9 Å². The van der Waals surface area contributed by atoms with Gasteiger partial charge in [0.2, 0.25) is 11.8 Å². The predicted molar refractivity (Wildman–Crippen MR) is 110 cm³/mol. The van der Waals surface area contributed by atoms with Crippen LogP contribution in [0.5, 0.6) is 0 Å². The van der Waals surface area contributed by atoms with Crippen molar-refractivity contribution >= 4 is 17.5 Å². The lowest BCUT2D eigenvalue weighted by Gasteiger charge is -2.38. The first-order valence-electron chi connectivity index (χ1n) is 10.1. The number of nitrogens with one attached hydrogen (secondary N) is 1. The van der Waals surface area contributed by atoms with Crippen LogP contribution in [-0.4, -0.2) is 77.2 Å². The Morgan fingerprint density at radius 2 is 1.86 bits per heavy atom. The summed E-state index contributed by atoms with van der Waals surface area (Å²) in [5.41, 5.74) is 1.83. The molecule has 0 saturated carbocycles. The number of hydrogen-bond acceptors (Lipinski definition) is 5. The third-order valence-corrected chi connectivity index (χ3v) is 5.91. The highest BCUT2D eigenvalue weighted by molar-refractivity contribution is 5.99. The Bertz CT molecular complexity index is 859. The highest BCUT2D eigenvalue weighted by atomic mass is 16.2. The lowest BCUT2D eigenvalue weighted by molar-refractivity contribution is -0.136. The monoisotopic (exact) mass is 396 g/mol. The van der Waals surface area contributed by atoms with Crippen molar-refractivity contribution < 1.29 is 9.59 Å². The lowest BCUT2D eigenvalue weighted by atomic mass is 10.1. The van der Waals surface area contributed by atoms with Gasteiger partial charge in [-0.2, -0.15) is 5.10 Å². The van der Waals surface area contributed by atoms with Gasteiger partial charge in [0.15, 0.2) is 0 Å². The zero-order chi connectivity index (χ0) is 20.4. The van der Waals surface area contributed by atoms with E-state index in [1.807, 2.05) is 53.4 Å². The van der Waals surface area contributed by atoms with Gasteiger partial charge in [-0.3, -0.25) is 19.2 Å². The molecule has 1 aromatic heterocycles. The number of hydrogen-bond donors (Lipinski definition) is 1. The van der Waals surface area contributed by atoms with Gasteiger partial charge < -0.3 is 15.1 Å². The standard InChI is InChI=1S/C21H28N6O2/c1-22-19(16-14-23-24(2)15-16)21(29)26-12-10-25(11-13-26)18-8-9-27(20(18)28)17-6-4-3-5-7-17/h3-7,14-15,18-19,22H,8-13H2,1-2H3. The fourth-order valence-corrected chi connectivity index (χ4v) is 4.33. The summed E-state index contributed by atoms with van der Waals surface area (Å²) in [7, 11) is 3.64. The molecule has 2 amide bonds. The molecule has 8 nitrogen and oxygen atoms in total. The van der Waals surface area contributed by atoms with Gasteiger partial charge in [-0.05, 0) is 25.6 Å². The SMILES string of the molecule is CNC(C(=O)N1CCN(C2CCN(c3ccccc3)C2=O)CC1)c1cnn(C)c1. The summed E-state index contributed by atoms with van der Waals surface area (Å²) in [6.07, 6.45) is 4.42. The maximum atomic E-state index is 13.0. The zero-order valence-electron chi connectivity index (χ0n) is 17.0. The van der Waals surface area contributed by atoms with Gasteiger partial charge in [0.1, 0.15) is 6.04 Å². The summed E-state index contributed by atoms with van der Waals surface area (Å²) in [4.78, 5) is 31.9. The molecule has 29 heavy (non-hydrogen) atoms. The first kappa shape index (κ1) is 19.6. The molecule has 1 aromatic carbocycles. The van der Waals surface area contributed by atoms with Gasteiger partial charge in [-0.25, -0.2) is 0 Å². The lowest BCUT2D eigenvalue weighted by Crippen LogP contribution is -2.55. The Kier molecular flexibility index (Phi) is 5.64. The number of amides is 2. The molecule has 1 N–H and O–H groups in total. The minimum Gasteiger partial charge on any atom is -0.338 e.